The molecule has 3 aliphatic rings. The fourth-order valence-electron chi connectivity index (χ4n) is 4.89. The molecule has 0 spiro atoms. The van der Waals surface area contributed by atoms with Gasteiger partial charge in [-0.15, -0.1) is 0 Å². The molecule has 34 heavy (non-hydrogen) atoms. The molecular weight excluding hydrogens is 454 g/mol. The van der Waals surface area contributed by atoms with Crippen LogP contribution in [0.3, 0.4) is 0 Å². The van der Waals surface area contributed by atoms with Crippen LogP contribution in [-0.4, -0.2) is 89.6 Å². The zero-order chi connectivity index (χ0) is 23.5. The van der Waals surface area contributed by atoms with Crippen LogP contribution in [0, 0.1) is 0 Å². The van der Waals surface area contributed by atoms with E-state index < -0.39 is 0 Å². The number of likely N-dealkylation sites (tertiary alicyclic amines) is 1. The molecule has 0 N–H and O–H groups in total. The topological polar surface area (TPSA) is 72.6 Å². The van der Waals surface area contributed by atoms with Crippen molar-refractivity contribution >= 4 is 29.1 Å². The third kappa shape index (κ3) is 5.19. The number of hydrogen-bond acceptors (Lipinski definition) is 6. The number of rotatable bonds is 6. The van der Waals surface area contributed by atoms with Crippen LogP contribution in [-0.2, 0) is 9.59 Å². The predicted molar refractivity (Wildman–Crippen MR) is 130 cm³/mol. The normalized spacial score (nSPS) is 21.8. The van der Waals surface area contributed by atoms with Gasteiger partial charge in [0.05, 0.1) is 25.1 Å². The minimum Gasteiger partial charge on any atom is -0.467 e. The lowest BCUT2D eigenvalue weighted by molar-refractivity contribution is -0.136. The van der Waals surface area contributed by atoms with Gasteiger partial charge in [0.1, 0.15) is 11.8 Å². The van der Waals surface area contributed by atoms with Gasteiger partial charge in [-0.1, -0.05) is 23.7 Å². The zero-order valence-corrected chi connectivity index (χ0v) is 20.0. The van der Waals surface area contributed by atoms with Crippen molar-refractivity contribution in [1.29, 1.82) is 0 Å². The van der Waals surface area contributed by atoms with Crippen LogP contribution in [0.4, 0.5) is 0 Å². The van der Waals surface area contributed by atoms with E-state index in [1.807, 2.05) is 41.3 Å². The highest BCUT2D eigenvalue weighted by Crippen LogP contribution is 2.33. The van der Waals surface area contributed by atoms with Gasteiger partial charge in [-0.25, -0.2) is 5.01 Å². The summed E-state index contributed by atoms with van der Waals surface area (Å²) in [6, 6.07) is 11.0. The molecule has 1 aromatic carbocycles. The maximum atomic E-state index is 13.3. The van der Waals surface area contributed by atoms with Crippen molar-refractivity contribution < 1.29 is 14.0 Å². The molecule has 5 rings (SSSR count). The molecule has 1 atom stereocenters. The first kappa shape index (κ1) is 23.1. The minimum absolute atomic E-state index is 0.0491. The molecule has 2 saturated heterocycles. The third-order valence-corrected chi connectivity index (χ3v) is 7.11. The molecule has 0 saturated carbocycles. The van der Waals surface area contributed by atoms with Gasteiger partial charge in [0.15, 0.2) is 0 Å². The molecule has 180 valence electrons. The smallest absolute Gasteiger partial charge is 0.257 e. The molecule has 9 heteroatoms. The average Bonchev–Trinajstić information content (AvgIpc) is 3.62. The van der Waals surface area contributed by atoms with Crippen molar-refractivity contribution in [2.45, 2.75) is 25.3 Å². The highest BCUT2D eigenvalue weighted by molar-refractivity contribution is 6.30. The Bertz CT molecular complexity index is 1030. The Hall–Kier alpha value is -2.68. The van der Waals surface area contributed by atoms with E-state index in [4.69, 9.17) is 21.1 Å². The number of amides is 2. The third-order valence-electron chi connectivity index (χ3n) is 6.86. The lowest BCUT2D eigenvalue weighted by Crippen LogP contribution is -2.51. The standard InChI is InChI=1S/C25H30ClN5O3/c26-20-7-5-19(6-8-20)21-16-22(23-4-3-15-34-23)31(27-21)25(33)18-29-13-11-28(12-14-29)17-24(32)30-9-1-2-10-30/h3-8,15,22H,1-2,9-14,16-18H2. The first-order valence-corrected chi connectivity index (χ1v) is 12.4. The second-order valence-electron chi connectivity index (χ2n) is 9.17. The van der Waals surface area contributed by atoms with Gasteiger partial charge in [0.25, 0.3) is 5.91 Å². The van der Waals surface area contributed by atoms with Gasteiger partial charge in [-0.05, 0) is 42.7 Å². The summed E-state index contributed by atoms with van der Waals surface area (Å²) >= 11 is 6.04. The molecule has 3 aliphatic heterocycles. The molecule has 4 heterocycles. The van der Waals surface area contributed by atoms with Crippen LogP contribution >= 0.6 is 11.6 Å². The maximum Gasteiger partial charge on any atom is 0.257 e. The van der Waals surface area contributed by atoms with E-state index in [1.165, 1.54) is 0 Å². The number of carbonyl (C=O) groups is 2. The number of benzene rings is 1. The first-order chi connectivity index (χ1) is 16.6. The van der Waals surface area contributed by atoms with Crippen molar-refractivity contribution in [2.24, 2.45) is 5.10 Å². The van der Waals surface area contributed by atoms with E-state index in [9.17, 15) is 9.59 Å². The molecular formula is C25H30ClN5O3. The predicted octanol–water partition coefficient (Wildman–Crippen LogP) is 2.85. The summed E-state index contributed by atoms with van der Waals surface area (Å²) in [5.74, 6) is 0.905. The Morgan fingerprint density at radius 1 is 0.912 bits per heavy atom. The molecule has 2 fully saturated rings. The molecule has 0 bridgehead atoms. The Kier molecular flexibility index (Phi) is 6.99. The van der Waals surface area contributed by atoms with Gasteiger partial charge in [-0.3, -0.25) is 19.4 Å². The number of nitrogens with zero attached hydrogens (tertiary/aromatic N) is 5. The fraction of sp³-hybridized carbons (Fsp3) is 0.480. The Labute approximate surface area is 204 Å². The van der Waals surface area contributed by atoms with E-state index in [-0.39, 0.29) is 17.9 Å². The molecule has 8 nitrogen and oxygen atoms in total. The summed E-state index contributed by atoms with van der Waals surface area (Å²) in [4.78, 5) is 32.1. The van der Waals surface area contributed by atoms with Crippen molar-refractivity contribution in [3.8, 4) is 0 Å². The maximum absolute atomic E-state index is 13.3. The summed E-state index contributed by atoms with van der Waals surface area (Å²) in [6.07, 6.45) is 4.44. The van der Waals surface area contributed by atoms with E-state index >= 15 is 0 Å². The summed E-state index contributed by atoms with van der Waals surface area (Å²) in [7, 11) is 0. The minimum atomic E-state index is -0.257. The monoisotopic (exact) mass is 483 g/mol. The van der Waals surface area contributed by atoms with E-state index in [0.717, 1.165) is 69.1 Å². The van der Waals surface area contributed by atoms with Crippen molar-refractivity contribution in [3.63, 3.8) is 0 Å². The number of hydrogen-bond donors (Lipinski definition) is 0. The SMILES string of the molecule is O=C(CN1CCN(CC(=O)N2N=C(c3ccc(Cl)cc3)CC2c2ccco2)CC1)N1CCCC1. The van der Waals surface area contributed by atoms with Gasteiger partial charge in [0, 0.05) is 50.7 Å². The van der Waals surface area contributed by atoms with Crippen LogP contribution in [0.15, 0.2) is 52.2 Å². The van der Waals surface area contributed by atoms with Crippen LogP contribution in [0.5, 0.6) is 0 Å². The number of piperazine rings is 1. The van der Waals surface area contributed by atoms with Crippen LogP contribution < -0.4 is 0 Å². The highest BCUT2D eigenvalue weighted by Gasteiger charge is 2.36. The lowest BCUT2D eigenvalue weighted by Gasteiger charge is -2.35. The molecule has 0 radical (unpaired) electrons. The molecule has 1 unspecified atom stereocenters. The Balaban J connectivity index is 1.20. The van der Waals surface area contributed by atoms with Crippen LogP contribution in [0.1, 0.15) is 36.6 Å². The molecule has 2 aromatic rings. The van der Waals surface area contributed by atoms with Crippen molar-refractivity contribution in [3.05, 3.63) is 59.0 Å². The van der Waals surface area contributed by atoms with Crippen LogP contribution in [0.25, 0.3) is 0 Å². The van der Waals surface area contributed by atoms with Gasteiger partial charge in [-0.2, -0.15) is 5.10 Å². The number of halogens is 1. The zero-order valence-electron chi connectivity index (χ0n) is 19.2. The first-order valence-electron chi connectivity index (χ1n) is 12.0. The molecule has 2 amide bonds. The van der Waals surface area contributed by atoms with Gasteiger partial charge < -0.3 is 9.32 Å². The number of furan rings is 1. The van der Waals surface area contributed by atoms with E-state index in [0.29, 0.717) is 24.5 Å². The molecule has 1 aromatic heterocycles. The molecule has 0 aliphatic carbocycles. The Morgan fingerprint density at radius 2 is 1.56 bits per heavy atom. The second-order valence-corrected chi connectivity index (χ2v) is 9.60. The quantitative estimate of drug-likeness (QED) is 0.631. The average molecular weight is 484 g/mol. The second kappa shape index (κ2) is 10.3. The summed E-state index contributed by atoms with van der Waals surface area (Å²) < 4.78 is 5.64. The summed E-state index contributed by atoms with van der Waals surface area (Å²) in [6.45, 7) is 5.63. The van der Waals surface area contributed by atoms with Crippen LogP contribution in [0.2, 0.25) is 5.02 Å². The fourth-order valence-corrected chi connectivity index (χ4v) is 5.01. The Morgan fingerprint density at radius 3 is 2.18 bits per heavy atom. The van der Waals surface area contributed by atoms with E-state index in [1.54, 1.807) is 11.3 Å². The number of hydrazone groups is 1. The van der Waals surface area contributed by atoms with E-state index in [2.05, 4.69) is 9.80 Å². The summed E-state index contributed by atoms with van der Waals surface area (Å²) in [5.41, 5.74) is 1.80. The van der Waals surface area contributed by atoms with Gasteiger partial charge in [0.2, 0.25) is 5.91 Å². The van der Waals surface area contributed by atoms with Crippen molar-refractivity contribution in [2.75, 3.05) is 52.4 Å². The largest absolute Gasteiger partial charge is 0.467 e. The summed E-state index contributed by atoms with van der Waals surface area (Å²) in [5, 5.41) is 6.94. The van der Waals surface area contributed by atoms with Crippen molar-refractivity contribution in [1.82, 2.24) is 19.7 Å². The highest BCUT2D eigenvalue weighted by atomic mass is 35.5. The van der Waals surface area contributed by atoms with Gasteiger partial charge >= 0.3 is 0 Å². The lowest BCUT2D eigenvalue weighted by atomic mass is 10.0. The number of carbonyl (C=O) groups excluding carboxylic acids is 2.